The van der Waals surface area contributed by atoms with E-state index in [-0.39, 0.29) is 30.4 Å². The van der Waals surface area contributed by atoms with Crippen molar-refractivity contribution in [1.29, 1.82) is 0 Å². The molecule has 126 valence electrons. The summed E-state index contributed by atoms with van der Waals surface area (Å²) in [5, 5.41) is 3.42. The Morgan fingerprint density at radius 2 is 1.91 bits per heavy atom. The molecular formula is C16H26Cl2N2O2. The molecule has 0 aromatic heterocycles. The van der Waals surface area contributed by atoms with Crippen LogP contribution >= 0.6 is 24.8 Å². The van der Waals surface area contributed by atoms with Crippen LogP contribution < -0.4 is 14.8 Å². The number of hydrogen-bond donors (Lipinski definition) is 1. The fraction of sp³-hybridized carbons (Fsp3) is 0.625. The number of ether oxygens (including phenoxy) is 2. The first-order chi connectivity index (χ1) is 9.59. The van der Waals surface area contributed by atoms with Crippen LogP contribution in [-0.4, -0.2) is 43.8 Å². The summed E-state index contributed by atoms with van der Waals surface area (Å²) in [6.07, 6.45) is 1.03. The highest BCUT2D eigenvalue weighted by atomic mass is 35.5. The number of rotatable bonds is 2. The number of nitrogens with zero attached hydrogens (tertiary/aromatic N) is 1. The zero-order valence-corrected chi connectivity index (χ0v) is 15.1. The van der Waals surface area contributed by atoms with Crippen molar-refractivity contribution >= 4 is 24.8 Å². The molecule has 0 saturated carbocycles. The number of piperazine rings is 1. The summed E-state index contributed by atoms with van der Waals surface area (Å²) in [7, 11) is 1.70. The molecule has 1 atom stereocenters. The lowest BCUT2D eigenvalue weighted by molar-refractivity contribution is 0.0257. The summed E-state index contributed by atoms with van der Waals surface area (Å²) in [5.41, 5.74) is 1.17. The molecule has 0 radical (unpaired) electrons. The van der Waals surface area contributed by atoms with Gasteiger partial charge in [0.1, 0.15) is 17.1 Å². The molecule has 2 heterocycles. The monoisotopic (exact) mass is 348 g/mol. The maximum Gasteiger partial charge on any atom is 0.128 e. The molecule has 1 aromatic carbocycles. The molecule has 1 fully saturated rings. The predicted octanol–water partition coefficient (Wildman–Crippen LogP) is 3.05. The van der Waals surface area contributed by atoms with E-state index in [1.165, 1.54) is 5.56 Å². The van der Waals surface area contributed by atoms with E-state index in [1.54, 1.807) is 7.11 Å². The number of methoxy groups -OCH3 is 1. The smallest absolute Gasteiger partial charge is 0.128 e. The standard InChI is InChI=1S/C16H24N2O2.2ClH/c1-16(2)11-14(18-8-6-17-7-9-18)13-5-4-12(19-3)10-15(13)20-16;;/h4-5,10,14,17H,6-9,11H2,1-3H3;2*1H. The zero-order chi connectivity index (χ0) is 14.2. The van der Waals surface area contributed by atoms with Crippen molar-refractivity contribution < 1.29 is 9.47 Å². The topological polar surface area (TPSA) is 33.7 Å². The number of halogens is 2. The van der Waals surface area contributed by atoms with E-state index < -0.39 is 0 Å². The van der Waals surface area contributed by atoms with Crippen molar-refractivity contribution in [2.24, 2.45) is 0 Å². The van der Waals surface area contributed by atoms with Gasteiger partial charge in [0.2, 0.25) is 0 Å². The zero-order valence-electron chi connectivity index (χ0n) is 13.4. The first-order valence-electron chi connectivity index (χ1n) is 7.41. The van der Waals surface area contributed by atoms with E-state index in [4.69, 9.17) is 9.47 Å². The summed E-state index contributed by atoms with van der Waals surface area (Å²) in [6, 6.07) is 6.67. The minimum atomic E-state index is -0.130. The Morgan fingerprint density at radius 3 is 2.55 bits per heavy atom. The van der Waals surface area contributed by atoms with Gasteiger partial charge < -0.3 is 14.8 Å². The van der Waals surface area contributed by atoms with Crippen LogP contribution in [0.4, 0.5) is 0 Å². The number of hydrogen-bond acceptors (Lipinski definition) is 4. The van der Waals surface area contributed by atoms with Gasteiger partial charge in [-0.1, -0.05) is 6.07 Å². The summed E-state index contributed by atoms with van der Waals surface area (Å²) in [6.45, 7) is 8.69. The second kappa shape index (κ2) is 7.73. The Kier molecular flexibility index (Phi) is 6.81. The minimum Gasteiger partial charge on any atom is -0.497 e. The second-order valence-electron chi connectivity index (χ2n) is 6.27. The van der Waals surface area contributed by atoms with Crippen molar-refractivity contribution in [3.8, 4) is 11.5 Å². The van der Waals surface area contributed by atoms with Crippen molar-refractivity contribution in [2.75, 3.05) is 33.3 Å². The predicted molar refractivity (Wildman–Crippen MR) is 94.0 cm³/mol. The Bertz CT molecular complexity index is 491. The molecule has 2 aliphatic heterocycles. The van der Waals surface area contributed by atoms with E-state index in [0.717, 1.165) is 44.1 Å². The second-order valence-corrected chi connectivity index (χ2v) is 6.27. The van der Waals surface area contributed by atoms with Gasteiger partial charge in [-0.3, -0.25) is 4.90 Å². The Labute approximate surface area is 145 Å². The lowest BCUT2D eigenvalue weighted by Gasteiger charge is -2.44. The largest absolute Gasteiger partial charge is 0.497 e. The minimum absolute atomic E-state index is 0. The van der Waals surface area contributed by atoms with Crippen LogP contribution in [0.5, 0.6) is 11.5 Å². The van der Waals surface area contributed by atoms with E-state index in [1.807, 2.05) is 12.1 Å². The lowest BCUT2D eigenvalue weighted by Crippen LogP contribution is -2.48. The molecule has 1 saturated heterocycles. The van der Waals surface area contributed by atoms with Crippen LogP contribution in [0.2, 0.25) is 0 Å². The SMILES string of the molecule is COc1ccc2c(c1)OC(C)(C)CC2N1CCNCC1.Cl.Cl. The molecule has 1 aromatic rings. The summed E-state index contributed by atoms with van der Waals surface area (Å²) in [4.78, 5) is 2.58. The van der Waals surface area contributed by atoms with Gasteiger partial charge in [-0.15, -0.1) is 24.8 Å². The van der Waals surface area contributed by atoms with E-state index >= 15 is 0 Å². The third kappa shape index (κ3) is 3.99. The van der Waals surface area contributed by atoms with Gasteiger partial charge in [0.25, 0.3) is 0 Å². The average molecular weight is 349 g/mol. The molecule has 2 aliphatic rings. The number of nitrogens with one attached hydrogen (secondary N) is 1. The maximum atomic E-state index is 6.16. The maximum absolute atomic E-state index is 6.16. The Balaban J connectivity index is 0.00000121. The van der Waals surface area contributed by atoms with Crippen LogP contribution in [0, 0.1) is 0 Å². The van der Waals surface area contributed by atoms with Crippen molar-refractivity contribution in [3.63, 3.8) is 0 Å². The van der Waals surface area contributed by atoms with E-state index in [9.17, 15) is 0 Å². The van der Waals surface area contributed by atoms with Crippen LogP contribution in [-0.2, 0) is 0 Å². The molecule has 6 heteroatoms. The molecule has 1 N–H and O–H groups in total. The average Bonchev–Trinajstić information content (AvgIpc) is 2.45. The van der Waals surface area contributed by atoms with Crippen LogP contribution in [0.1, 0.15) is 31.9 Å². The highest BCUT2D eigenvalue weighted by Gasteiger charge is 2.37. The molecule has 1 unspecified atom stereocenters. The lowest BCUT2D eigenvalue weighted by atomic mass is 9.88. The van der Waals surface area contributed by atoms with E-state index in [0.29, 0.717) is 6.04 Å². The van der Waals surface area contributed by atoms with Gasteiger partial charge in [0.05, 0.1) is 7.11 Å². The summed E-state index contributed by atoms with van der Waals surface area (Å²) in [5.74, 6) is 1.84. The third-order valence-electron chi connectivity index (χ3n) is 4.24. The molecular weight excluding hydrogens is 323 g/mol. The summed E-state index contributed by atoms with van der Waals surface area (Å²) >= 11 is 0. The fourth-order valence-electron chi connectivity index (χ4n) is 3.24. The van der Waals surface area contributed by atoms with Crippen molar-refractivity contribution in [3.05, 3.63) is 23.8 Å². The molecule has 3 rings (SSSR count). The fourth-order valence-corrected chi connectivity index (χ4v) is 3.24. The first kappa shape index (κ1) is 19.4. The highest BCUT2D eigenvalue weighted by Crippen LogP contribution is 2.43. The van der Waals surface area contributed by atoms with Gasteiger partial charge in [0, 0.05) is 50.3 Å². The molecule has 22 heavy (non-hydrogen) atoms. The van der Waals surface area contributed by atoms with Gasteiger partial charge in [0.15, 0.2) is 0 Å². The molecule has 0 spiro atoms. The van der Waals surface area contributed by atoms with Gasteiger partial charge >= 0.3 is 0 Å². The number of benzene rings is 1. The quantitative estimate of drug-likeness (QED) is 0.890. The van der Waals surface area contributed by atoms with Gasteiger partial charge in [-0.2, -0.15) is 0 Å². The molecule has 4 nitrogen and oxygen atoms in total. The highest BCUT2D eigenvalue weighted by molar-refractivity contribution is 5.85. The summed E-state index contributed by atoms with van der Waals surface area (Å²) < 4.78 is 11.5. The van der Waals surface area contributed by atoms with Crippen molar-refractivity contribution in [1.82, 2.24) is 10.2 Å². The third-order valence-corrected chi connectivity index (χ3v) is 4.24. The Hall–Kier alpha value is -0.680. The van der Waals surface area contributed by atoms with Gasteiger partial charge in [-0.25, -0.2) is 0 Å². The first-order valence-corrected chi connectivity index (χ1v) is 7.41. The normalized spacial score (nSPS) is 23.3. The number of fused-ring (bicyclic) bond motifs is 1. The van der Waals surface area contributed by atoms with Crippen LogP contribution in [0.25, 0.3) is 0 Å². The molecule has 0 aliphatic carbocycles. The Morgan fingerprint density at radius 1 is 1.23 bits per heavy atom. The van der Waals surface area contributed by atoms with Gasteiger partial charge in [-0.05, 0) is 19.9 Å². The van der Waals surface area contributed by atoms with E-state index in [2.05, 4.69) is 30.1 Å². The molecule has 0 bridgehead atoms. The van der Waals surface area contributed by atoms with Crippen molar-refractivity contribution in [2.45, 2.75) is 31.9 Å². The van der Waals surface area contributed by atoms with Crippen LogP contribution in [0.3, 0.4) is 0 Å². The van der Waals surface area contributed by atoms with Crippen LogP contribution in [0.15, 0.2) is 18.2 Å². The molecule has 0 amide bonds.